The van der Waals surface area contributed by atoms with Crippen molar-refractivity contribution in [2.45, 2.75) is 19.9 Å². The molecule has 1 N–H and O–H groups in total. The predicted octanol–water partition coefficient (Wildman–Crippen LogP) is 3.04. The number of thiophene rings is 1. The van der Waals surface area contributed by atoms with Gasteiger partial charge < -0.3 is 14.8 Å². The molecule has 0 aliphatic carbocycles. The van der Waals surface area contributed by atoms with Crippen molar-refractivity contribution in [3.63, 3.8) is 0 Å². The molecule has 4 rings (SSSR count). The summed E-state index contributed by atoms with van der Waals surface area (Å²) in [6, 6.07) is 11.2. The smallest absolute Gasteiger partial charge is 0.336 e. The minimum Gasteiger partial charge on any atom is -0.493 e. The number of aryl methyl sites for hydroxylation is 1. The minimum atomic E-state index is -0.665. The number of rotatable bonds is 8. The summed E-state index contributed by atoms with van der Waals surface area (Å²) < 4.78 is 26.9. The van der Waals surface area contributed by atoms with Crippen LogP contribution >= 0.6 is 11.3 Å². The van der Waals surface area contributed by atoms with Gasteiger partial charge in [-0.15, -0.1) is 11.3 Å². The van der Waals surface area contributed by atoms with E-state index in [-0.39, 0.29) is 18.1 Å². The highest BCUT2D eigenvalue weighted by Crippen LogP contribution is 2.27. The fraction of sp³-hybridized carbons (Fsp3) is 0.240. The third-order valence-electron chi connectivity index (χ3n) is 5.64. The average molecular weight is 498 g/mol. The molecule has 8 nitrogen and oxygen atoms in total. The second-order valence-electron chi connectivity index (χ2n) is 7.87. The van der Waals surface area contributed by atoms with Crippen molar-refractivity contribution in [1.82, 2.24) is 14.5 Å². The van der Waals surface area contributed by atoms with E-state index in [4.69, 9.17) is 9.47 Å². The summed E-state index contributed by atoms with van der Waals surface area (Å²) >= 11 is 1.18. The highest BCUT2D eigenvalue weighted by molar-refractivity contribution is 7.17. The number of carbonyl (C=O) groups is 1. The molecule has 0 radical (unpaired) electrons. The van der Waals surface area contributed by atoms with Crippen LogP contribution in [-0.2, 0) is 17.8 Å². The molecule has 0 saturated carbocycles. The van der Waals surface area contributed by atoms with E-state index in [0.29, 0.717) is 40.2 Å². The lowest BCUT2D eigenvalue weighted by atomic mass is 10.1. The van der Waals surface area contributed by atoms with Gasteiger partial charge in [0.15, 0.2) is 11.5 Å². The van der Waals surface area contributed by atoms with Gasteiger partial charge in [0.2, 0.25) is 5.91 Å². The van der Waals surface area contributed by atoms with Crippen molar-refractivity contribution in [2.24, 2.45) is 0 Å². The van der Waals surface area contributed by atoms with E-state index in [9.17, 15) is 18.8 Å². The molecule has 2 aromatic carbocycles. The summed E-state index contributed by atoms with van der Waals surface area (Å²) in [5.41, 5.74) is 0.713. The second-order valence-corrected chi connectivity index (χ2v) is 8.78. The Hall–Kier alpha value is -3.92. The molecule has 1 amide bonds. The molecule has 0 unspecified atom stereocenters. The standard InChI is InChI=1S/C25H24FN3O5S/c1-15-12-17(5-6-18(15)26)29-24(31)23-19(9-11-35-23)28(25(29)32)14-22(30)27-10-8-16-4-7-20(33-2)21(13-16)34-3/h4-7,9,11-13H,8,10,14H2,1-3H3,(H,27,30). The quantitative estimate of drug-likeness (QED) is 0.404. The van der Waals surface area contributed by atoms with Gasteiger partial charge in [-0.1, -0.05) is 6.07 Å². The highest BCUT2D eigenvalue weighted by atomic mass is 32.1. The number of nitrogens with one attached hydrogen (secondary N) is 1. The molecule has 4 aromatic rings. The third-order valence-corrected chi connectivity index (χ3v) is 6.53. The maximum Gasteiger partial charge on any atom is 0.336 e. The van der Waals surface area contributed by atoms with Crippen LogP contribution in [0.25, 0.3) is 15.9 Å². The Morgan fingerprint density at radius 2 is 1.83 bits per heavy atom. The number of nitrogens with zero attached hydrogens (tertiary/aromatic N) is 2. The first-order valence-corrected chi connectivity index (χ1v) is 11.7. The van der Waals surface area contributed by atoms with Gasteiger partial charge in [0, 0.05) is 6.54 Å². The molecule has 2 heterocycles. The molecule has 0 fully saturated rings. The van der Waals surface area contributed by atoms with Crippen LogP contribution in [-0.4, -0.2) is 35.8 Å². The van der Waals surface area contributed by atoms with Crippen LogP contribution < -0.4 is 26.0 Å². The Bertz CT molecular complexity index is 1520. The zero-order chi connectivity index (χ0) is 25.1. The van der Waals surface area contributed by atoms with Crippen LogP contribution in [0.2, 0.25) is 0 Å². The van der Waals surface area contributed by atoms with Crippen LogP contribution in [0, 0.1) is 12.7 Å². The minimum absolute atomic E-state index is 0.247. The van der Waals surface area contributed by atoms with E-state index in [1.807, 2.05) is 12.1 Å². The number of hydrogen-bond acceptors (Lipinski definition) is 6. The summed E-state index contributed by atoms with van der Waals surface area (Å²) in [4.78, 5) is 39.0. The van der Waals surface area contributed by atoms with Crippen molar-refractivity contribution >= 4 is 27.5 Å². The Morgan fingerprint density at radius 3 is 2.54 bits per heavy atom. The fourth-order valence-electron chi connectivity index (χ4n) is 3.82. The molecule has 0 saturated heterocycles. The molecule has 0 aliphatic heterocycles. The summed E-state index contributed by atoms with van der Waals surface area (Å²) in [6.45, 7) is 1.63. The third kappa shape index (κ3) is 4.83. The molecule has 0 bridgehead atoms. The second kappa shape index (κ2) is 10.1. The average Bonchev–Trinajstić information content (AvgIpc) is 3.34. The topological polar surface area (TPSA) is 91.6 Å². The SMILES string of the molecule is COc1ccc(CCNC(=O)Cn2c(=O)n(-c3ccc(F)c(C)c3)c(=O)c3sccc32)cc1OC. The molecule has 0 atom stereocenters. The number of aromatic nitrogens is 2. The zero-order valence-corrected chi connectivity index (χ0v) is 20.3. The van der Waals surface area contributed by atoms with E-state index in [2.05, 4.69) is 5.32 Å². The van der Waals surface area contributed by atoms with Crippen molar-refractivity contribution in [1.29, 1.82) is 0 Å². The van der Waals surface area contributed by atoms with Gasteiger partial charge in [-0.25, -0.2) is 13.8 Å². The molecule has 0 spiro atoms. The van der Waals surface area contributed by atoms with E-state index in [1.54, 1.807) is 38.7 Å². The lowest BCUT2D eigenvalue weighted by Crippen LogP contribution is -2.41. The van der Waals surface area contributed by atoms with Crippen molar-refractivity contribution in [3.8, 4) is 17.2 Å². The normalized spacial score (nSPS) is 11.0. The number of benzene rings is 2. The Kier molecular flexibility index (Phi) is 7.02. The lowest BCUT2D eigenvalue weighted by Gasteiger charge is -2.13. The Morgan fingerprint density at radius 1 is 1.06 bits per heavy atom. The molecule has 182 valence electrons. The van der Waals surface area contributed by atoms with Crippen LogP contribution in [0.3, 0.4) is 0 Å². The number of ether oxygens (including phenoxy) is 2. The monoisotopic (exact) mass is 497 g/mol. The number of methoxy groups -OCH3 is 2. The lowest BCUT2D eigenvalue weighted by molar-refractivity contribution is -0.121. The van der Waals surface area contributed by atoms with Crippen molar-refractivity contribution < 1.29 is 18.7 Å². The summed E-state index contributed by atoms with van der Waals surface area (Å²) in [6.07, 6.45) is 0.545. The van der Waals surface area contributed by atoms with Gasteiger partial charge in [-0.05, 0) is 66.2 Å². The van der Waals surface area contributed by atoms with Gasteiger partial charge in [-0.2, -0.15) is 0 Å². The molecule has 10 heteroatoms. The maximum absolute atomic E-state index is 13.8. The van der Waals surface area contributed by atoms with Gasteiger partial charge in [0.1, 0.15) is 17.1 Å². The van der Waals surface area contributed by atoms with Crippen molar-refractivity contribution in [3.05, 3.63) is 85.6 Å². The number of amides is 1. The molecular weight excluding hydrogens is 473 g/mol. The highest BCUT2D eigenvalue weighted by Gasteiger charge is 2.18. The molecule has 35 heavy (non-hydrogen) atoms. The van der Waals surface area contributed by atoms with Gasteiger partial charge in [0.05, 0.1) is 25.4 Å². The van der Waals surface area contributed by atoms with Gasteiger partial charge in [0.25, 0.3) is 5.56 Å². The first-order valence-electron chi connectivity index (χ1n) is 10.8. The first-order chi connectivity index (χ1) is 16.8. The number of fused-ring (bicyclic) bond motifs is 1. The fourth-order valence-corrected chi connectivity index (χ4v) is 4.64. The Balaban J connectivity index is 1.57. The zero-order valence-electron chi connectivity index (χ0n) is 19.5. The molecule has 2 aromatic heterocycles. The number of halogens is 1. The van der Waals surface area contributed by atoms with E-state index in [0.717, 1.165) is 10.1 Å². The molecule has 0 aliphatic rings. The summed E-state index contributed by atoms with van der Waals surface area (Å²) in [7, 11) is 3.11. The van der Waals surface area contributed by atoms with Crippen LogP contribution in [0.1, 0.15) is 11.1 Å². The van der Waals surface area contributed by atoms with Crippen LogP contribution in [0.5, 0.6) is 11.5 Å². The number of hydrogen-bond donors (Lipinski definition) is 1. The first kappa shape index (κ1) is 24.2. The predicted molar refractivity (Wildman–Crippen MR) is 133 cm³/mol. The van der Waals surface area contributed by atoms with Crippen LogP contribution in [0.4, 0.5) is 4.39 Å². The van der Waals surface area contributed by atoms with E-state index in [1.165, 1.54) is 34.1 Å². The Labute approximate surface area is 204 Å². The van der Waals surface area contributed by atoms with Crippen LogP contribution in [0.15, 0.2) is 57.4 Å². The van der Waals surface area contributed by atoms with E-state index >= 15 is 0 Å². The van der Waals surface area contributed by atoms with Gasteiger partial charge >= 0.3 is 5.69 Å². The number of carbonyl (C=O) groups excluding carboxylic acids is 1. The summed E-state index contributed by atoms with van der Waals surface area (Å²) in [5.74, 6) is 0.403. The largest absolute Gasteiger partial charge is 0.493 e. The van der Waals surface area contributed by atoms with Gasteiger partial charge in [-0.3, -0.25) is 14.2 Å². The maximum atomic E-state index is 13.8. The summed E-state index contributed by atoms with van der Waals surface area (Å²) in [5, 5.41) is 4.51. The van der Waals surface area contributed by atoms with Crippen molar-refractivity contribution in [2.75, 3.05) is 20.8 Å². The molecular formula is C25H24FN3O5S. The van der Waals surface area contributed by atoms with E-state index < -0.39 is 17.1 Å².